The molecule has 3 aromatic carbocycles. The van der Waals surface area contributed by atoms with Gasteiger partial charge in [0.25, 0.3) is 0 Å². The van der Waals surface area contributed by atoms with Crippen LogP contribution in [0.1, 0.15) is 46.3 Å². The van der Waals surface area contributed by atoms with Crippen LogP contribution < -0.4 is 10.5 Å². The molecule has 0 saturated heterocycles. The highest BCUT2D eigenvalue weighted by molar-refractivity contribution is 5.99. The third-order valence-electron chi connectivity index (χ3n) is 6.61. The summed E-state index contributed by atoms with van der Waals surface area (Å²) in [5.41, 5.74) is 8.82. The molecule has 0 spiro atoms. The highest BCUT2D eigenvalue weighted by Crippen LogP contribution is 2.41. The van der Waals surface area contributed by atoms with Crippen molar-refractivity contribution in [1.82, 2.24) is 15.1 Å². The molecule has 6 nitrogen and oxygen atoms in total. The average molecular weight is 468 g/mol. The van der Waals surface area contributed by atoms with Gasteiger partial charge in [-0.3, -0.25) is 9.51 Å². The fraction of sp³-hybridized carbons (Fsp3) is 0.143. The zero-order valence-corrected chi connectivity index (χ0v) is 19.2. The number of allylic oxidation sites excluding steroid dienone is 1. The molecule has 0 aliphatic carbocycles. The van der Waals surface area contributed by atoms with Gasteiger partial charge in [0.05, 0.1) is 0 Å². The number of para-hydroxylation sites is 1. The second kappa shape index (κ2) is 8.13. The summed E-state index contributed by atoms with van der Waals surface area (Å²) in [5, 5.41) is 5.09. The van der Waals surface area contributed by atoms with Crippen LogP contribution in [-0.2, 0) is 13.0 Å². The number of aryl methyl sites for hydroxylation is 1. The molecule has 174 valence electrons. The van der Waals surface area contributed by atoms with Crippen LogP contribution in [-0.4, -0.2) is 15.1 Å². The number of fused-ring (bicyclic) bond motifs is 3. The number of rotatable bonds is 3. The van der Waals surface area contributed by atoms with Crippen molar-refractivity contribution in [3.63, 3.8) is 0 Å². The SMILES string of the molecule is C/C(=C1\c2ccc(Cc3c(C)[nH]c4ccccc34)cc2COc2cc(F)ccc21)c1noc(=O)[nH]1. The van der Waals surface area contributed by atoms with E-state index in [4.69, 9.17) is 9.26 Å². The van der Waals surface area contributed by atoms with Crippen molar-refractivity contribution < 1.29 is 13.7 Å². The summed E-state index contributed by atoms with van der Waals surface area (Å²) in [6.45, 7) is 4.24. The van der Waals surface area contributed by atoms with Gasteiger partial charge >= 0.3 is 5.76 Å². The Balaban J connectivity index is 1.49. The van der Waals surface area contributed by atoms with Crippen LogP contribution in [0.4, 0.5) is 4.39 Å². The largest absolute Gasteiger partial charge is 0.488 e. The molecule has 0 unspecified atom stereocenters. The Hall–Kier alpha value is -4.39. The third kappa shape index (κ3) is 3.65. The molecule has 0 amide bonds. The number of H-pyrrole nitrogens is 2. The van der Waals surface area contributed by atoms with Crippen molar-refractivity contribution in [1.29, 1.82) is 0 Å². The van der Waals surface area contributed by atoms with Gasteiger partial charge in [-0.2, -0.15) is 0 Å². The number of hydrogen-bond acceptors (Lipinski definition) is 4. The fourth-order valence-corrected chi connectivity index (χ4v) is 4.92. The molecule has 35 heavy (non-hydrogen) atoms. The van der Waals surface area contributed by atoms with Crippen molar-refractivity contribution >= 4 is 22.0 Å². The minimum Gasteiger partial charge on any atom is -0.488 e. The lowest BCUT2D eigenvalue weighted by Crippen LogP contribution is -2.01. The molecule has 0 fully saturated rings. The van der Waals surface area contributed by atoms with Crippen LogP contribution in [0.25, 0.3) is 22.0 Å². The maximum absolute atomic E-state index is 14.1. The number of halogens is 1. The number of benzene rings is 3. The molecule has 3 heterocycles. The fourth-order valence-electron chi connectivity index (χ4n) is 4.92. The smallest absolute Gasteiger partial charge is 0.439 e. The van der Waals surface area contributed by atoms with Gasteiger partial charge in [0.1, 0.15) is 18.2 Å². The van der Waals surface area contributed by atoms with Gasteiger partial charge in [-0.05, 0) is 66.3 Å². The van der Waals surface area contributed by atoms with Crippen molar-refractivity contribution in [2.45, 2.75) is 26.9 Å². The Morgan fingerprint density at radius 1 is 1.06 bits per heavy atom. The number of aromatic amines is 2. The minimum atomic E-state index is -0.631. The molecule has 0 bridgehead atoms. The zero-order valence-electron chi connectivity index (χ0n) is 19.2. The summed E-state index contributed by atoms with van der Waals surface area (Å²) < 4.78 is 24.9. The maximum atomic E-state index is 14.1. The standard InChI is InChI=1S/C28H22FN3O3/c1-15(27-31-28(33)35-32-27)26-20-9-7-17(12-23-16(2)30-24-6-4-3-5-21(23)24)11-18(20)14-34-25-13-19(29)8-10-22(25)26/h3-11,13,30H,12,14H2,1-2H3,(H,31,32,33)/b26-15-. The topological polar surface area (TPSA) is 83.9 Å². The first-order valence-corrected chi connectivity index (χ1v) is 11.4. The quantitative estimate of drug-likeness (QED) is 0.354. The zero-order chi connectivity index (χ0) is 24.1. The van der Waals surface area contributed by atoms with E-state index >= 15 is 0 Å². The van der Waals surface area contributed by atoms with E-state index in [1.165, 1.54) is 23.1 Å². The van der Waals surface area contributed by atoms with Crippen LogP contribution in [0.15, 0.2) is 70.0 Å². The van der Waals surface area contributed by atoms with Gasteiger partial charge in [-0.15, -0.1) is 0 Å². The summed E-state index contributed by atoms with van der Waals surface area (Å²) in [5.74, 6) is -0.243. The molecule has 2 aromatic heterocycles. The molecule has 0 atom stereocenters. The molecular weight excluding hydrogens is 445 g/mol. The second-order valence-electron chi connectivity index (χ2n) is 8.82. The summed E-state index contributed by atoms with van der Waals surface area (Å²) in [6, 6.07) is 19.1. The second-order valence-corrected chi connectivity index (χ2v) is 8.82. The molecule has 6 rings (SSSR count). The van der Waals surface area contributed by atoms with E-state index in [2.05, 4.69) is 58.4 Å². The summed E-state index contributed by atoms with van der Waals surface area (Å²) >= 11 is 0. The van der Waals surface area contributed by atoms with Gasteiger partial charge in [-0.1, -0.05) is 41.6 Å². The van der Waals surface area contributed by atoms with E-state index in [1.54, 1.807) is 6.07 Å². The van der Waals surface area contributed by atoms with E-state index in [-0.39, 0.29) is 5.82 Å². The number of ether oxygens (including phenoxy) is 1. The van der Waals surface area contributed by atoms with Gasteiger partial charge in [-0.25, -0.2) is 9.18 Å². The monoisotopic (exact) mass is 467 g/mol. The molecular formula is C28H22FN3O3. The third-order valence-corrected chi connectivity index (χ3v) is 6.61. The van der Waals surface area contributed by atoms with Crippen molar-refractivity contribution in [3.05, 3.63) is 116 Å². The van der Waals surface area contributed by atoms with Crippen LogP contribution >= 0.6 is 0 Å². The number of hydrogen-bond donors (Lipinski definition) is 2. The first-order valence-electron chi connectivity index (χ1n) is 11.4. The maximum Gasteiger partial charge on any atom is 0.439 e. The first kappa shape index (κ1) is 21.2. The first-order chi connectivity index (χ1) is 17.0. The normalized spacial score (nSPS) is 14.3. The van der Waals surface area contributed by atoms with Gasteiger partial charge in [0, 0.05) is 33.8 Å². The Bertz CT molecular complexity index is 1690. The van der Waals surface area contributed by atoms with Crippen LogP contribution in [0.5, 0.6) is 5.75 Å². The van der Waals surface area contributed by atoms with E-state index in [0.29, 0.717) is 23.8 Å². The molecule has 1 aliphatic rings. The molecule has 0 radical (unpaired) electrons. The summed E-state index contributed by atoms with van der Waals surface area (Å²) in [6.07, 6.45) is 0.763. The Labute approximate surface area is 200 Å². The number of nitrogens with zero attached hydrogens (tertiary/aromatic N) is 1. The predicted octanol–water partition coefficient (Wildman–Crippen LogP) is 5.75. The van der Waals surface area contributed by atoms with Gasteiger partial charge < -0.3 is 9.72 Å². The number of aromatic nitrogens is 3. The van der Waals surface area contributed by atoms with Crippen molar-refractivity contribution in [3.8, 4) is 5.75 Å². The van der Waals surface area contributed by atoms with Crippen LogP contribution in [0.2, 0.25) is 0 Å². The Morgan fingerprint density at radius 3 is 2.71 bits per heavy atom. The molecule has 0 saturated carbocycles. The van der Waals surface area contributed by atoms with E-state index < -0.39 is 5.76 Å². The molecule has 1 aliphatic heterocycles. The Morgan fingerprint density at radius 2 is 1.89 bits per heavy atom. The lowest BCUT2D eigenvalue weighted by Gasteiger charge is -2.14. The van der Waals surface area contributed by atoms with Crippen LogP contribution in [0, 0.1) is 12.7 Å². The van der Waals surface area contributed by atoms with E-state index in [1.807, 2.05) is 13.0 Å². The minimum absolute atomic E-state index is 0.290. The number of nitrogens with one attached hydrogen (secondary N) is 2. The highest BCUT2D eigenvalue weighted by Gasteiger charge is 2.24. The van der Waals surface area contributed by atoms with E-state index in [9.17, 15) is 9.18 Å². The van der Waals surface area contributed by atoms with Crippen molar-refractivity contribution in [2.75, 3.05) is 0 Å². The average Bonchev–Trinajstić information content (AvgIpc) is 3.37. The van der Waals surface area contributed by atoms with Gasteiger partial charge in [0.15, 0.2) is 5.82 Å². The van der Waals surface area contributed by atoms with Crippen molar-refractivity contribution in [2.24, 2.45) is 0 Å². The van der Waals surface area contributed by atoms with Crippen LogP contribution in [0.3, 0.4) is 0 Å². The predicted molar refractivity (Wildman–Crippen MR) is 132 cm³/mol. The lowest BCUT2D eigenvalue weighted by atomic mass is 9.88. The molecule has 7 heteroatoms. The molecule has 2 N–H and O–H groups in total. The highest BCUT2D eigenvalue weighted by atomic mass is 19.1. The molecule has 5 aromatic rings. The van der Waals surface area contributed by atoms with E-state index in [0.717, 1.165) is 45.5 Å². The summed E-state index contributed by atoms with van der Waals surface area (Å²) in [4.78, 5) is 17.7. The lowest BCUT2D eigenvalue weighted by molar-refractivity contribution is 0.305. The summed E-state index contributed by atoms with van der Waals surface area (Å²) in [7, 11) is 0. The Kier molecular flexibility index (Phi) is 4.91. The van der Waals surface area contributed by atoms with Gasteiger partial charge in [0.2, 0.25) is 0 Å².